The second kappa shape index (κ2) is 5.54. The molecule has 0 amide bonds. The van der Waals surface area contributed by atoms with Crippen molar-refractivity contribution in [1.29, 1.82) is 0 Å². The molecule has 2 nitrogen and oxygen atoms in total. The van der Waals surface area contributed by atoms with Crippen LogP contribution in [0.1, 0.15) is 9.67 Å². The number of carbonyl (C=O) groups is 1. The fourth-order valence-electron chi connectivity index (χ4n) is 1.24. The van der Waals surface area contributed by atoms with E-state index < -0.39 is 0 Å². The van der Waals surface area contributed by atoms with Crippen LogP contribution in [-0.4, -0.2) is 12.4 Å². The molecule has 0 unspecified atom stereocenters. The summed E-state index contributed by atoms with van der Waals surface area (Å²) in [5.74, 6) is 0.482. The van der Waals surface area contributed by atoms with E-state index in [1.807, 2.05) is 0 Å². The molecular formula is C12H8Cl2O2S. The van der Waals surface area contributed by atoms with Crippen LogP contribution in [0.3, 0.4) is 0 Å². The summed E-state index contributed by atoms with van der Waals surface area (Å²) in [6, 6.07) is 8.54. The van der Waals surface area contributed by atoms with E-state index >= 15 is 0 Å². The van der Waals surface area contributed by atoms with Gasteiger partial charge in [-0.3, -0.25) is 4.79 Å². The Morgan fingerprint density at radius 2 is 1.88 bits per heavy atom. The van der Waals surface area contributed by atoms with Crippen molar-refractivity contribution in [2.75, 3.05) is 6.61 Å². The van der Waals surface area contributed by atoms with Gasteiger partial charge in [-0.15, -0.1) is 11.3 Å². The summed E-state index contributed by atoms with van der Waals surface area (Å²) < 4.78 is 5.34. The summed E-state index contributed by atoms with van der Waals surface area (Å²) >= 11 is 12.9. The minimum Gasteiger partial charge on any atom is -0.485 e. The maximum absolute atomic E-state index is 11.7. The van der Waals surface area contributed by atoms with Gasteiger partial charge < -0.3 is 4.74 Å². The predicted molar refractivity (Wildman–Crippen MR) is 70.6 cm³/mol. The molecule has 88 valence electrons. The Kier molecular flexibility index (Phi) is 4.05. The first-order valence-corrected chi connectivity index (χ1v) is 6.45. The van der Waals surface area contributed by atoms with Crippen molar-refractivity contribution in [2.45, 2.75) is 0 Å². The van der Waals surface area contributed by atoms with Crippen LogP contribution in [0, 0.1) is 0 Å². The highest BCUT2D eigenvalue weighted by molar-refractivity contribution is 7.12. The Morgan fingerprint density at radius 3 is 2.47 bits per heavy atom. The standard InChI is InChI=1S/C12H8Cl2O2S/c13-8-1-3-9(4-2-8)16-7-11(15)12-10(14)5-6-17-12/h1-6H,7H2. The summed E-state index contributed by atoms with van der Waals surface area (Å²) in [6.07, 6.45) is 0. The zero-order valence-corrected chi connectivity index (χ0v) is 11.0. The summed E-state index contributed by atoms with van der Waals surface area (Å²) in [7, 11) is 0. The fraction of sp³-hybridized carbons (Fsp3) is 0.0833. The Hall–Kier alpha value is -1.03. The molecule has 0 radical (unpaired) electrons. The van der Waals surface area contributed by atoms with Crippen LogP contribution in [0.25, 0.3) is 0 Å². The van der Waals surface area contributed by atoms with E-state index in [1.165, 1.54) is 11.3 Å². The molecule has 17 heavy (non-hydrogen) atoms. The molecule has 1 aromatic heterocycles. The van der Waals surface area contributed by atoms with E-state index in [9.17, 15) is 4.79 Å². The molecule has 0 saturated carbocycles. The molecule has 0 aliphatic carbocycles. The topological polar surface area (TPSA) is 26.3 Å². The molecule has 5 heteroatoms. The van der Waals surface area contributed by atoms with Crippen LogP contribution >= 0.6 is 34.5 Å². The van der Waals surface area contributed by atoms with Crippen molar-refractivity contribution in [3.8, 4) is 5.75 Å². The molecule has 2 aromatic rings. The first-order chi connectivity index (χ1) is 8.16. The van der Waals surface area contributed by atoms with Crippen LogP contribution in [0.5, 0.6) is 5.75 Å². The van der Waals surface area contributed by atoms with Crippen molar-refractivity contribution < 1.29 is 9.53 Å². The number of ether oxygens (including phenoxy) is 1. The van der Waals surface area contributed by atoms with E-state index in [-0.39, 0.29) is 12.4 Å². The maximum Gasteiger partial charge on any atom is 0.211 e. The van der Waals surface area contributed by atoms with Gasteiger partial charge in [0.2, 0.25) is 5.78 Å². The van der Waals surface area contributed by atoms with Gasteiger partial charge in [-0.25, -0.2) is 0 Å². The minimum atomic E-state index is -0.125. The smallest absolute Gasteiger partial charge is 0.211 e. The van der Waals surface area contributed by atoms with E-state index in [0.717, 1.165) is 0 Å². The molecule has 2 rings (SSSR count). The first kappa shape index (κ1) is 12.4. The fourth-order valence-corrected chi connectivity index (χ4v) is 2.45. The van der Waals surface area contributed by atoms with Crippen molar-refractivity contribution in [3.63, 3.8) is 0 Å². The number of hydrogen-bond acceptors (Lipinski definition) is 3. The number of thiophene rings is 1. The molecule has 0 aliphatic heterocycles. The largest absolute Gasteiger partial charge is 0.485 e. The number of Topliss-reactive ketones (excluding diaryl/α,β-unsaturated/α-hetero) is 1. The van der Waals surface area contributed by atoms with E-state index in [0.29, 0.717) is 20.7 Å². The second-order valence-electron chi connectivity index (χ2n) is 3.26. The molecule has 0 atom stereocenters. The van der Waals surface area contributed by atoms with Crippen molar-refractivity contribution >= 4 is 40.3 Å². The number of halogens is 2. The third-order valence-electron chi connectivity index (χ3n) is 2.05. The molecule has 1 heterocycles. The summed E-state index contributed by atoms with van der Waals surface area (Å²) in [5, 5.41) is 2.88. The monoisotopic (exact) mass is 286 g/mol. The number of rotatable bonds is 4. The highest BCUT2D eigenvalue weighted by Gasteiger charge is 2.12. The quantitative estimate of drug-likeness (QED) is 0.783. The van der Waals surface area contributed by atoms with Crippen LogP contribution < -0.4 is 4.74 Å². The van der Waals surface area contributed by atoms with Gasteiger partial charge in [0, 0.05) is 5.02 Å². The zero-order valence-electron chi connectivity index (χ0n) is 8.65. The minimum absolute atomic E-state index is 0.0259. The second-order valence-corrected chi connectivity index (χ2v) is 5.02. The summed E-state index contributed by atoms with van der Waals surface area (Å²) in [5.41, 5.74) is 0. The van der Waals surface area contributed by atoms with Crippen LogP contribution in [0.4, 0.5) is 0 Å². The van der Waals surface area contributed by atoms with Crippen molar-refractivity contribution in [2.24, 2.45) is 0 Å². The van der Waals surface area contributed by atoms with Gasteiger partial charge in [0.1, 0.15) is 5.75 Å². The summed E-state index contributed by atoms with van der Waals surface area (Å²) in [4.78, 5) is 12.3. The molecule has 0 bridgehead atoms. The predicted octanol–water partition coefficient (Wildman–Crippen LogP) is 4.32. The van der Waals surface area contributed by atoms with Gasteiger partial charge in [0.25, 0.3) is 0 Å². The molecule has 1 aromatic carbocycles. The van der Waals surface area contributed by atoms with Gasteiger partial charge in [-0.05, 0) is 35.7 Å². The molecule has 0 N–H and O–H groups in total. The number of carbonyl (C=O) groups excluding carboxylic acids is 1. The Morgan fingerprint density at radius 1 is 1.18 bits per heavy atom. The molecule has 0 fully saturated rings. The van der Waals surface area contributed by atoms with Crippen LogP contribution in [0.2, 0.25) is 10.0 Å². The van der Waals surface area contributed by atoms with Crippen molar-refractivity contribution in [3.05, 3.63) is 50.6 Å². The number of benzene rings is 1. The highest BCUT2D eigenvalue weighted by Crippen LogP contribution is 2.23. The number of ketones is 1. The van der Waals surface area contributed by atoms with Crippen LogP contribution in [0.15, 0.2) is 35.7 Å². The normalized spacial score (nSPS) is 10.2. The van der Waals surface area contributed by atoms with Crippen molar-refractivity contribution in [1.82, 2.24) is 0 Å². The Balaban J connectivity index is 1.97. The molecule has 0 spiro atoms. The van der Waals surface area contributed by atoms with Gasteiger partial charge in [0.15, 0.2) is 6.61 Å². The molecule has 0 aliphatic rings. The number of hydrogen-bond donors (Lipinski definition) is 0. The van der Waals surface area contributed by atoms with Gasteiger partial charge in [-0.2, -0.15) is 0 Å². The molecule has 0 saturated heterocycles. The average Bonchev–Trinajstić information content (AvgIpc) is 2.74. The summed E-state index contributed by atoms with van der Waals surface area (Å²) in [6.45, 7) is -0.0259. The lowest BCUT2D eigenvalue weighted by Crippen LogP contribution is -2.10. The lowest BCUT2D eigenvalue weighted by atomic mass is 10.3. The third kappa shape index (κ3) is 3.22. The van der Waals surface area contributed by atoms with Crippen LogP contribution in [-0.2, 0) is 0 Å². The molecular weight excluding hydrogens is 279 g/mol. The van der Waals surface area contributed by atoms with E-state index in [2.05, 4.69) is 0 Å². The zero-order chi connectivity index (χ0) is 12.3. The lowest BCUT2D eigenvalue weighted by molar-refractivity contribution is 0.0926. The maximum atomic E-state index is 11.7. The Labute approximate surface area is 113 Å². The highest BCUT2D eigenvalue weighted by atomic mass is 35.5. The first-order valence-electron chi connectivity index (χ1n) is 4.81. The SMILES string of the molecule is O=C(COc1ccc(Cl)cc1)c1sccc1Cl. The van der Waals surface area contributed by atoms with Gasteiger partial charge in [-0.1, -0.05) is 23.2 Å². The average molecular weight is 287 g/mol. The lowest BCUT2D eigenvalue weighted by Gasteiger charge is -2.04. The Bertz CT molecular complexity index is 520. The van der Waals surface area contributed by atoms with E-state index in [4.69, 9.17) is 27.9 Å². The van der Waals surface area contributed by atoms with Gasteiger partial charge >= 0.3 is 0 Å². The van der Waals surface area contributed by atoms with Gasteiger partial charge in [0.05, 0.1) is 9.90 Å². The third-order valence-corrected chi connectivity index (χ3v) is 3.69. The van der Waals surface area contributed by atoms with E-state index in [1.54, 1.807) is 35.7 Å².